The maximum atomic E-state index is 13.4. The van der Waals surface area contributed by atoms with Crippen LogP contribution < -0.4 is 5.32 Å². The smallest absolute Gasteiger partial charge is 0.238 e. The second-order valence-corrected chi connectivity index (χ2v) is 8.12. The van der Waals surface area contributed by atoms with Gasteiger partial charge in [-0.3, -0.25) is 9.59 Å². The van der Waals surface area contributed by atoms with E-state index in [9.17, 15) is 14.0 Å². The summed E-state index contributed by atoms with van der Waals surface area (Å²) in [6.45, 7) is 1.27. The lowest BCUT2D eigenvalue weighted by molar-refractivity contribution is -0.130. The molecule has 1 saturated heterocycles. The molecule has 4 rings (SSSR count). The van der Waals surface area contributed by atoms with Gasteiger partial charge in [-0.1, -0.05) is 12.1 Å². The van der Waals surface area contributed by atoms with E-state index in [1.54, 1.807) is 30.3 Å². The quantitative estimate of drug-likeness (QED) is 0.619. The molecule has 150 valence electrons. The van der Waals surface area contributed by atoms with E-state index in [4.69, 9.17) is 9.15 Å². The Morgan fingerprint density at radius 2 is 1.83 bits per heavy atom. The number of halogens is 1. The van der Waals surface area contributed by atoms with E-state index in [0.29, 0.717) is 43.2 Å². The summed E-state index contributed by atoms with van der Waals surface area (Å²) in [5.41, 5.74) is 0.0512. The van der Waals surface area contributed by atoms with Crippen LogP contribution in [0.1, 0.15) is 38.7 Å². The van der Waals surface area contributed by atoms with Crippen molar-refractivity contribution in [2.75, 3.05) is 13.2 Å². The van der Waals surface area contributed by atoms with Crippen LogP contribution in [0.25, 0.3) is 0 Å². The van der Waals surface area contributed by atoms with Crippen molar-refractivity contribution in [3.63, 3.8) is 0 Å². The maximum Gasteiger partial charge on any atom is 0.238 e. The normalized spacial score (nSPS) is 15.8. The Balaban J connectivity index is 1.47. The van der Waals surface area contributed by atoms with Crippen molar-refractivity contribution in [3.8, 4) is 0 Å². The van der Waals surface area contributed by atoms with E-state index >= 15 is 0 Å². The molecular weight excluding hydrogens is 393 g/mol. The monoisotopic (exact) mass is 413 g/mol. The first-order chi connectivity index (χ1) is 14.1. The molecule has 2 aromatic heterocycles. The van der Waals surface area contributed by atoms with Crippen LogP contribution in [0.2, 0.25) is 0 Å². The van der Waals surface area contributed by atoms with E-state index in [2.05, 4.69) is 5.32 Å². The van der Waals surface area contributed by atoms with Crippen LogP contribution in [0.4, 0.5) is 4.39 Å². The minimum atomic E-state index is -0.740. The largest absolute Gasteiger partial charge is 0.461 e. The third-order valence-corrected chi connectivity index (χ3v) is 6.32. The van der Waals surface area contributed by atoms with E-state index in [-0.39, 0.29) is 17.5 Å². The molecule has 3 aromatic rings. The van der Waals surface area contributed by atoms with Crippen molar-refractivity contribution < 1.29 is 23.1 Å². The van der Waals surface area contributed by atoms with Gasteiger partial charge < -0.3 is 14.5 Å². The van der Waals surface area contributed by atoms with Gasteiger partial charge in [-0.15, -0.1) is 11.3 Å². The summed E-state index contributed by atoms with van der Waals surface area (Å²) < 4.78 is 24.0. The van der Waals surface area contributed by atoms with Crippen LogP contribution in [0.3, 0.4) is 0 Å². The standard InChI is InChI=1S/C22H20FNO4S/c23-16-5-3-15(4-6-16)22(9-12-27-13-10-22)21(26)24-14-17-7-8-19(29-17)20(25)18-2-1-11-28-18/h1-8,11H,9-10,12-14H2,(H,24,26). The summed E-state index contributed by atoms with van der Waals surface area (Å²) in [4.78, 5) is 27.0. The number of benzene rings is 1. The first-order valence-corrected chi connectivity index (χ1v) is 10.2. The van der Waals surface area contributed by atoms with E-state index in [1.165, 1.54) is 29.7 Å². The topological polar surface area (TPSA) is 68.5 Å². The molecule has 0 spiro atoms. The lowest BCUT2D eigenvalue weighted by Crippen LogP contribution is -2.47. The molecular formula is C22H20FNO4S. The van der Waals surface area contributed by atoms with Crippen LogP contribution in [-0.4, -0.2) is 24.9 Å². The molecule has 29 heavy (non-hydrogen) atoms. The highest BCUT2D eigenvalue weighted by Gasteiger charge is 2.41. The van der Waals surface area contributed by atoms with Crippen LogP contribution in [0.5, 0.6) is 0 Å². The van der Waals surface area contributed by atoms with Gasteiger partial charge >= 0.3 is 0 Å². The third-order valence-electron chi connectivity index (χ3n) is 5.23. The van der Waals surface area contributed by atoms with Gasteiger partial charge in [-0.25, -0.2) is 4.39 Å². The second-order valence-electron chi connectivity index (χ2n) is 6.96. The Labute approximate surface area is 171 Å². The van der Waals surface area contributed by atoms with Crippen molar-refractivity contribution in [1.29, 1.82) is 0 Å². The summed E-state index contributed by atoms with van der Waals surface area (Å²) in [7, 11) is 0. The molecule has 0 unspecified atom stereocenters. The predicted octanol–water partition coefficient (Wildman–Crippen LogP) is 4.08. The molecule has 0 atom stereocenters. The molecule has 1 aliphatic heterocycles. The molecule has 0 bridgehead atoms. The molecule has 1 aliphatic rings. The van der Waals surface area contributed by atoms with Gasteiger partial charge in [0.2, 0.25) is 11.7 Å². The number of hydrogen-bond donors (Lipinski definition) is 1. The van der Waals surface area contributed by atoms with Gasteiger partial charge in [0.1, 0.15) is 5.82 Å². The van der Waals surface area contributed by atoms with Gasteiger partial charge in [0.15, 0.2) is 5.76 Å². The van der Waals surface area contributed by atoms with E-state index in [1.807, 2.05) is 6.07 Å². The number of thiophene rings is 1. The SMILES string of the molecule is O=C(c1ccco1)c1ccc(CNC(=O)C2(c3ccc(F)cc3)CCOCC2)s1. The summed E-state index contributed by atoms with van der Waals surface area (Å²) in [6, 6.07) is 13.0. The lowest BCUT2D eigenvalue weighted by Gasteiger charge is -2.36. The molecule has 1 N–H and O–H groups in total. The summed E-state index contributed by atoms with van der Waals surface area (Å²) in [5.74, 6) is -0.326. The summed E-state index contributed by atoms with van der Waals surface area (Å²) in [5, 5.41) is 3.00. The zero-order chi connectivity index (χ0) is 20.3. The molecule has 1 fully saturated rings. The number of nitrogens with one attached hydrogen (secondary N) is 1. The fraction of sp³-hybridized carbons (Fsp3) is 0.273. The number of carbonyl (C=O) groups is 2. The molecule has 7 heteroatoms. The molecule has 0 radical (unpaired) electrons. The van der Waals surface area contributed by atoms with Crippen molar-refractivity contribution >= 4 is 23.0 Å². The fourth-order valence-corrected chi connectivity index (χ4v) is 4.49. The Morgan fingerprint density at radius 3 is 2.52 bits per heavy atom. The number of amides is 1. The highest BCUT2D eigenvalue weighted by atomic mass is 32.1. The van der Waals surface area contributed by atoms with Crippen LogP contribution in [-0.2, 0) is 21.5 Å². The van der Waals surface area contributed by atoms with Crippen molar-refractivity contribution in [1.82, 2.24) is 5.32 Å². The van der Waals surface area contributed by atoms with Crippen LogP contribution in [0.15, 0.2) is 59.2 Å². The summed E-state index contributed by atoms with van der Waals surface area (Å²) in [6.07, 6.45) is 2.54. The molecule has 5 nitrogen and oxygen atoms in total. The van der Waals surface area contributed by atoms with Gasteiger partial charge in [0.05, 0.1) is 23.1 Å². The van der Waals surface area contributed by atoms with Crippen molar-refractivity contribution in [2.24, 2.45) is 0 Å². The molecule has 0 saturated carbocycles. The predicted molar refractivity (Wildman–Crippen MR) is 106 cm³/mol. The van der Waals surface area contributed by atoms with Crippen molar-refractivity contribution in [2.45, 2.75) is 24.8 Å². The van der Waals surface area contributed by atoms with Crippen LogP contribution >= 0.6 is 11.3 Å². The number of hydrogen-bond acceptors (Lipinski definition) is 5. The van der Waals surface area contributed by atoms with Gasteiger partial charge in [-0.05, 0) is 54.8 Å². The third kappa shape index (κ3) is 4.02. The second kappa shape index (κ2) is 8.31. The van der Waals surface area contributed by atoms with Crippen LogP contribution in [0, 0.1) is 5.82 Å². The number of furan rings is 1. The highest BCUT2D eigenvalue weighted by Crippen LogP contribution is 2.35. The zero-order valence-electron chi connectivity index (χ0n) is 15.7. The lowest BCUT2D eigenvalue weighted by atomic mass is 9.73. The first-order valence-electron chi connectivity index (χ1n) is 9.37. The number of carbonyl (C=O) groups excluding carboxylic acids is 2. The minimum Gasteiger partial charge on any atom is -0.461 e. The maximum absolute atomic E-state index is 13.4. The van der Waals surface area contributed by atoms with E-state index in [0.717, 1.165) is 10.4 Å². The molecule has 1 amide bonds. The zero-order valence-corrected chi connectivity index (χ0v) is 16.5. The Bertz CT molecular complexity index is 988. The molecule has 1 aromatic carbocycles. The Morgan fingerprint density at radius 1 is 1.07 bits per heavy atom. The summed E-state index contributed by atoms with van der Waals surface area (Å²) >= 11 is 1.33. The Hall–Kier alpha value is -2.77. The number of ether oxygens (including phenoxy) is 1. The first kappa shape index (κ1) is 19.5. The molecule has 0 aliphatic carbocycles. The van der Waals surface area contributed by atoms with Gasteiger partial charge in [0, 0.05) is 18.1 Å². The fourth-order valence-electron chi connectivity index (χ4n) is 3.60. The number of ketones is 1. The number of rotatable bonds is 6. The average Bonchev–Trinajstić information content (AvgIpc) is 3.45. The van der Waals surface area contributed by atoms with Gasteiger partial charge in [-0.2, -0.15) is 0 Å². The average molecular weight is 413 g/mol. The van der Waals surface area contributed by atoms with Gasteiger partial charge in [0.25, 0.3) is 0 Å². The minimum absolute atomic E-state index is 0.111. The Kier molecular flexibility index (Phi) is 5.60. The highest BCUT2D eigenvalue weighted by molar-refractivity contribution is 7.14. The molecule has 3 heterocycles. The van der Waals surface area contributed by atoms with E-state index < -0.39 is 5.41 Å². The van der Waals surface area contributed by atoms with Crippen molar-refractivity contribution in [3.05, 3.63) is 81.7 Å².